The second-order valence-electron chi connectivity index (χ2n) is 29.6. The van der Waals surface area contributed by atoms with E-state index in [2.05, 4.69) is 116 Å². The fourth-order valence-corrected chi connectivity index (χ4v) is 15.5. The number of halogens is 2. The van der Waals surface area contributed by atoms with Crippen molar-refractivity contribution in [3.8, 4) is 0 Å². The summed E-state index contributed by atoms with van der Waals surface area (Å²) in [4.78, 5) is 24.2. The fraction of sp³-hybridized carbons (Fsp3) is 0.743. The topological polar surface area (TPSA) is 233 Å². The van der Waals surface area contributed by atoms with Crippen molar-refractivity contribution in [1.29, 1.82) is 0 Å². The summed E-state index contributed by atoms with van der Waals surface area (Å²) in [5, 5.41) is 77.6. The average Bonchev–Trinajstić information content (AvgIpc) is 3.47. The molecule has 0 saturated heterocycles. The minimum Gasteiger partial charge on any atom is -0.465 e. The van der Waals surface area contributed by atoms with E-state index >= 15 is 4.39 Å². The summed E-state index contributed by atoms with van der Waals surface area (Å²) in [6, 6.07) is 17.0. The Balaban J connectivity index is 0.000000337. The molecule has 2 fully saturated rings. The molecule has 0 radical (unpaired) electrons. The molecule has 0 bridgehead atoms. The van der Waals surface area contributed by atoms with Crippen LogP contribution in [0.1, 0.15) is 154 Å². The standard InChI is InChI=1S/C41H71FO7Si2.C29H43FO7/c1-39(2,3)50(7,8)48-36(32-23-30-17-15-16-18-31(30)24-32)22-21-33-34(37(25-35(33)42)49-51(9,10)40(4,5)6)19-13-11-12-14-20-38(46)47-29-41(26-43,27-44)28-45;30-25-15-27(35)24(9-3-1-2-4-10-28(36)37-19-29(16-31,17-32)18-33)23(25)11-12-26(34)22-13-20-7-5-6-8-21(20)14-22/h11,13,15-18,32-37,43-45H,12,14,19-29H2,1-10H3;1,3,5-8,22-27,31-35H,2,4,9-19H2/b13-11-;3-1-/t33-,34-,35+,36-,37+;23-,24-,25+,26-,27+/m11/s1. The zero-order valence-corrected chi connectivity index (χ0v) is 57.0. The third kappa shape index (κ3) is 21.4. The number of unbranched alkanes of at least 4 members (excludes halogenated alkanes) is 2. The van der Waals surface area contributed by atoms with E-state index in [1.807, 2.05) is 24.3 Å². The molecule has 18 heteroatoms. The molecule has 0 aliphatic heterocycles. The van der Waals surface area contributed by atoms with Gasteiger partial charge >= 0.3 is 11.9 Å². The summed E-state index contributed by atoms with van der Waals surface area (Å²) in [5.74, 6) is -0.852. The Morgan fingerprint density at radius 2 is 0.966 bits per heavy atom. The summed E-state index contributed by atoms with van der Waals surface area (Å²) in [6.45, 7) is 19.4. The largest absolute Gasteiger partial charge is 0.465 e. The van der Waals surface area contributed by atoms with Gasteiger partial charge in [-0.25, -0.2) is 8.78 Å². The number of aliphatic hydroxyl groups is 8. The number of aliphatic hydroxyl groups excluding tert-OH is 8. The van der Waals surface area contributed by atoms with Crippen LogP contribution < -0.4 is 0 Å². The van der Waals surface area contributed by atoms with Gasteiger partial charge in [0.25, 0.3) is 0 Å². The van der Waals surface area contributed by atoms with Gasteiger partial charge in [0.2, 0.25) is 0 Å². The summed E-state index contributed by atoms with van der Waals surface area (Å²) in [5.41, 5.74) is 2.95. The first kappa shape index (κ1) is 75.5. The number of fused-ring (bicyclic) bond motifs is 2. The first-order valence-electron chi connectivity index (χ1n) is 32.9. The molecule has 0 unspecified atom stereocenters. The third-order valence-electron chi connectivity index (χ3n) is 21.0. The molecule has 4 aliphatic carbocycles. The summed E-state index contributed by atoms with van der Waals surface area (Å²) in [6.07, 6.45) is 15.9. The van der Waals surface area contributed by atoms with Gasteiger partial charge in [0.1, 0.15) is 25.6 Å². The van der Waals surface area contributed by atoms with Crippen LogP contribution in [-0.2, 0) is 53.6 Å². The van der Waals surface area contributed by atoms with Gasteiger partial charge in [-0.15, -0.1) is 0 Å². The van der Waals surface area contributed by atoms with Gasteiger partial charge in [0.15, 0.2) is 16.6 Å². The SMILES string of the molecule is CC(C)(C)[Si](C)(C)O[C@H]1C[C@H](F)[C@H](CC[C@@H](O[Si](C)(C)C(C)(C)C)C2Cc3ccccc3C2)[C@H]1C/C=C\CCCC(=O)OCC(CO)(CO)CO.O=C(CCC/C=C\C[C@@H]1[C@@H](CC[C@@H](O)C2Cc3ccccc3C2)[C@@H](F)C[C@@H]1O)OCC(CO)(CO)CO. The molecule has 0 spiro atoms. The lowest BCUT2D eigenvalue weighted by Crippen LogP contribution is -2.46. The van der Waals surface area contributed by atoms with E-state index < -0.39 is 104 Å². The van der Waals surface area contributed by atoms with Gasteiger partial charge in [0, 0.05) is 31.8 Å². The normalized spacial score (nSPS) is 23.8. The number of carbonyl (C=O) groups is 2. The fourth-order valence-electron chi connectivity index (χ4n) is 12.7. The molecule has 4 aliphatic rings. The highest BCUT2D eigenvalue weighted by Gasteiger charge is 2.50. The summed E-state index contributed by atoms with van der Waals surface area (Å²) in [7, 11) is -4.21. The Bertz CT molecular complexity index is 2400. The van der Waals surface area contributed by atoms with E-state index in [9.17, 15) is 54.8 Å². The van der Waals surface area contributed by atoms with Crippen molar-refractivity contribution >= 4 is 28.6 Å². The zero-order valence-electron chi connectivity index (χ0n) is 55.0. The number of allylic oxidation sites excluding steroid dienone is 4. The van der Waals surface area contributed by atoms with Crippen LogP contribution in [-0.4, -0.2) is 159 Å². The quantitative estimate of drug-likeness (QED) is 0.0141. The molecular formula is C70H114F2O14Si2. The maximum atomic E-state index is 16.3. The number of rotatable bonds is 34. The Hall–Kier alpha value is -3.25. The van der Waals surface area contributed by atoms with Crippen molar-refractivity contribution in [3.05, 3.63) is 95.1 Å². The molecular weight excluding hydrogens is 1160 g/mol. The van der Waals surface area contributed by atoms with E-state index in [0.717, 1.165) is 44.9 Å². The second-order valence-corrected chi connectivity index (χ2v) is 39.1. The molecule has 0 amide bonds. The highest BCUT2D eigenvalue weighted by Crippen LogP contribution is 2.48. The molecule has 8 N–H and O–H groups in total. The molecule has 88 heavy (non-hydrogen) atoms. The minimum absolute atomic E-state index is 0.0245. The van der Waals surface area contributed by atoms with Crippen molar-refractivity contribution in [3.63, 3.8) is 0 Å². The van der Waals surface area contributed by atoms with Crippen molar-refractivity contribution < 1.29 is 77.5 Å². The van der Waals surface area contributed by atoms with Gasteiger partial charge in [-0.1, -0.05) is 114 Å². The molecule has 2 saturated carbocycles. The predicted octanol–water partition coefficient (Wildman–Crippen LogP) is 11.1. The Morgan fingerprint density at radius 3 is 1.40 bits per heavy atom. The maximum absolute atomic E-state index is 16.3. The molecule has 500 valence electrons. The molecule has 14 nitrogen and oxygen atoms in total. The first-order chi connectivity index (χ1) is 41.5. The first-order valence-corrected chi connectivity index (χ1v) is 38.7. The number of esters is 2. The maximum Gasteiger partial charge on any atom is 0.305 e. The molecule has 0 heterocycles. The monoisotopic (exact) mass is 1270 g/mol. The van der Waals surface area contributed by atoms with Crippen LogP contribution in [0, 0.1) is 46.3 Å². The van der Waals surface area contributed by atoms with E-state index in [1.54, 1.807) is 0 Å². The number of alkyl halides is 2. The van der Waals surface area contributed by atoms with Crippen LogP contribution in [0.15, 0.2) is 72.8 Å². The van der Waals surface area contributed by atoms with Gasteiger partial charge < -0.3 is 59.2 Å². The van der Waals surface area contributed by atoms with Crippen molar-refractivity contribution in [2.75, 3.05) is 52.9 Å². The Labute approximate surface area is 528 Å². The lowest BCUT2D eigenvalue weighted by molar-refractivity contribution is -0.152. The smallest absolute Gasteiger partial charge is 0.305 e. The van der Waals surface area contributed by atoms with Gasteiger partial charge in [0.05, 0.1) is 68.8 Å². The molecule has 0 aromatic heterocycles. The van der Waals surface area contributed by atoms with E-state index in [1.165, 1.54) is 22.3 Å². The Kier molecular flexibility index (Phi) is 29.7. The number of hydrogen-bond donors (Lipinski definition) is 8. The highest BCUT2D eigenvalue weighted by atomic mass is 28.4. The summed E-state index contributed by atoms with van der Waals surface area (Å²) < 4.78 is 55.5. The van der Waals surface area contributed by atoms with Crippen molar-refractivity contribution in [2.45, 2.75) is 230 Å². The van der Waals surface area contributed by atoms with Gasteiger partial charge in [-0.2, -0.15) is 0 Å². The van der Waals surface area contributed by atoms with Crippen LogP contribution >= 0.6 is 0 Å². The number of benzene rings is 2. The minimum atomic E-state index is -2.14. The highest BCUT2D eigenvalue weighted by molar-refractivity contribution is 6.74. The molecule has 10 atom stereocenters. The van der Waals surface area contributed by atoms with E-state index in [-0.39, 0.29) is 84.4 Å². The van der Waals surface area contributed by atoms with Crippen LogP contribution in [0.4, 0.5) is 8.78 Å². The van der Waals surface area contributed by atoms with E-state index in [4.69, 9.17) is 18.3 Å². The van der Waals surface area contributed by atoms with Gasteiger partial charge in [-0.3, -0.25) is 9.59 Å². The lowest BCUT2D eigenvalue weighted by Gasteiger charge is -2.42. The molecule has 2 aromatic carbocycles. The van der Waals surface area contributed by atoms with Crippen LogP contribution in [0.5, 0.6) is 0 Å². The van der Waals surface area contributed by atoms with Crippen LogP contribution in [0.2, 0.25) is 36.3 Å². The van der Waals surface area contributed by atoms with E-state index in [0.29, 0.717) is 57.3 Å². The number of ether oxygens (including phenoxy) is 2. The average molecular weight is 1270 g/mol. The number of hydrogen-bond acceptors (Lipinski definition) is 14. The zero-order chi connectivity index (χ0) is 65.1. The summed E-state index contributed by atoms with van der Waals surface area (Å²) >= 11 is 0. The van der Waals surface area contributed by atoms with Crippen LogP contribution in [0.3, 0.4) is 0 Å². The predicted molar refractivity (Wildman–Crippen MR) is 347 cm³/mol. The lowest BCUT2D eigenvalue weighted by atomic mass is 9.84. The van der Waals surface area contributed by atoms with Gasteiger partial charge in [-0.05, 0) is 184 Å². The molecule has 2 aromatic rings. The Morgan fingerprint density at radius 1 is 0.568 bits per heavy atom. The molecule has 6 rings (SSSR count). The number of carbonyl (C=O) groups excluding carboxylic acids is 2. The third-order valence-corrected chi connectivity index (χ3v) is 30.0. The van der Waals surface area contributed by atoms with Crippen molar-refractivity contribution in [1.82, 2.24) is 0 Å². The van der Waals surface area contributed by atoms with Crippen molar-refractivity contribution in [2.24, 2.45) is 46.3 Å². The van der Waals surface area contributed by atoms with Crippen LogP contribution in [0.25, 0.3) is 0 Å². The second kappa shape index (κ2) is 34.6.